The van der Waals surface area contributed by atoms with Crippen molar-refractivity contribution >= 4 is 23.3 Å². The smallest absolute Gasteiger partial charge is 0.241 e. The zero-order chi connectivity index (χ0) is 15.5. The van der Waals surface area contributed by atoms with Crippen LogP contribution in [0.25, 0.3) is 16.6 Å². The molecule has 0 amide bonds. The number of ether oxygens (including phenoxy) is 2. The standard InChI is InChI=1S/C18H19N3O2.ClH/c1-2-6-14(7-3-1)21-17-9-5-4-8-16(17)18(20-21)23-13-15-12-19-10-11-22-15;/h1-9,15,19H,10-13H2;1H/t15-;/m0./s1. The Balaban J connectivity index is 0.00000169. The molecule has 0 saturated carbocycles. The Hall–Kier alpha value is -2.08. The fourth-order valence-electron chi connectivity index (χ4n) is 2.81. The molecule has 4 rings (SSSR count). The maximum atomic E-state index is 5.96. The first kappa shape index (κ1) is 16.8. The average molecular weight is 346 g/mol. The quantitative estimate of drug-likeness (QED) is 0.790. The van der Waals surface area contributed by atoms with Gasteiger partial charge in [0.1, 0.15) is 12.7 Å². The van der Waals surface area contributed by atoms with Crippen LogP contribution in [0.2, 0.25) is 0 Å². The molecule has 0 radical (unpaired) electrons. The molecule has 6 heteroatoms. The zero-order valence-electron chi connectivity index (χ0n) is 13.2. The normalized spacial score (nSPS) is 17.4. The summed E-state index contributed by atoms with van der Waals surface area (Å²) in [4.78, 5) is 0. The number of aromatic nitrogens is 2. The molecule has 0 aliphatic carbocycles. The van der Waals surface area contributed by atoms with Crippen LogP contribution in [0.15, 0.2) is 54.6 Å². The molecule has 1 aliphatic heterocycles. The van der Waals surface area contributed by atoms with E-state index in [0.717, 1.165) is 36.3 Å². The van der Waals surface area contributed by atoms with E-state index in [-0.39, 0.29) is 18.5 Å². The summed E-state index contributed by atoms with van der Waals surface area (Å²) in [5, 5.41) is 8.99. The van der Waals surface area contributed by atoms with Crippen molar-refractivity contribution in [2.24, 2.45) is 0 Å². The van der Waals surface area contributed by atoms with Crippen molar-refractivity contribution in [3.63, 3.8) is 0 Å². The lowest BCUT2D eigenvalue weighted by atomic mass is 10.2. The number of nitrogens with one attached hydrogen (secondary N) is 1. The van der Waals surface area contributed by atoms with Crippen molar-refractivity contribution in [2.75, 3.05) is 26.3 Å². The van der Waals surface area contributed by atoms with Crippen molar-refractivity contribution in [3.05, 3.63) is 54.6 Å². The maximum Gasteiger partial charge on any atom is 0.241 e. The summed E-state index contributed by atoms with van der Waals surface area (Å²) in [6.07, 6.45) is 0.0735. The molecule has 126 valence electrons. The number of para-hydroxylation sites is 2. The molecule has 1 saturated heterocycles. The number of hydrogen-bond donors (Lipinski definition) is 1. The molecule has 5 nitrogen and oxygen atoms in total. The lowest BCUT2D eigenvalue weighted by Gasteiger charge is -2.23. The van der Waals surface area contributed by atoms with Gasteiger partial charge in [0.25, 0.3) is 0 Å². The van der Waals surface area contributed by atoms with E-state index in [1.54, 1.807) is 0 Å². The summed E-state index contributed by atoms with van der Waals surface area (Å²) in [6.45, 7) is 2.95. The second kappa shape index (κ2) is 7.66. The van der Waals surface area contributed by atoms with Crippen LogP contribution in [0, 0.1) is 0 Å². The lowest BCUT2D eigenvalue weighted by Crippen LogP contribution is -2.41. The maximum absolute atomic E-state index is 5.96. The van der Waals surface area contributed by atoms with Gasteiger partial charge in [0.05, 0.1) is 23.2 Å². The molecule has 1 aliphatic rings. The first-order valence-electron chi connectivity index (χ1n) is 7.90. The number of nitrogens with zero attached hydrogens (tertiary/aromatic N) is 2. The van der Waals surface area contributed by atoms with Crippen LogP contribution in [-0.2, 0) is 4.74 Å². The van der Waals surface area contributed by atoms with Gasteiger partial charge in [-0.1, -0.05) is 30.3 Å². The first-order valence-corrected chi connectivity index (χ1v) is 7.90. The van der Waals surface area contributed by atoms with Gasteiger partial charge in [0, 0.05) is 13.1 Å². The molecule has 0 spiro atoms. The van der Waals surface area contributed by atoms with Gasteiger partial charge >= 0.3 is 0 Å². The second-order valence-corrected chi connectivity index (χ2v) is 5.58. The Kier molecular flexibility index (Phi) is 5.35. The Bertz CT molecular complexity index is 785. The molecular formula is C18H20ClN3O2. The Labute approximate surface area is 147 Å². The predicted octanol–water partition coefficient (Wildman–Crippen LogP) is 2.81. The molecule has 1 N–H and O–H groups in total. The van der Waals surface area contributed by atoms with Gasteiger partial charge in [0.15, 0.2) is 0 Å². The van der Waals surface area contributed by atoms with Crippen molar-refractivity contribution in [2.45, 2.75) is 6.10 Å². The van der Waals surface area contributed by atoms with Crippen LogP contribution in [-0.4, -0.2) is 42.2 Å². The highest BCUT2D eigenvalue weighted by Gasteiger charge is 2.17. The molecular weight excluding hydrogens is 326 g/mol. The fourth-order valence-corrected chi connectivity index (χ4v) is 2.81. The second-order valence-electron chi connectivity index (χ2n) is 5.58. The minimum Gasteiger partial charge on any atom is -0.473 e. The summed E-state index contributed by atoms with van der Waals surface area (Å²) >= 11 is 0. The largest absolute Gasteiger partial charge is 0.473 e. The van der Waals surface area contributed by atoms with E-state index in [1.165, 1.54) is 0 Å². The highest BCUT2D eigenvalue weighted by atomic mass is 35.5. The molecule has 2 heterocycles. The third kappa shape index (κ3) is 3.38. The molecule has 24 heavy (non-hydrogen) atoms. The minimum absolute atomic E-state index is 0. The molecule has 2 aromatic carbocycles. The monoisotopic (exact) mass is 345 g/mol. The molecule has 1 fully saturated rings. The summed E-state index contributed by atoms with van der Waals surface area (Å²) in [6, 6.07) is 18.2. The van der Waals surface area contributed by atoms with E-state index in [2.05, 4.69) is 16.5 Å². The van der Waals surface area contributed by atoms with Gasteiger partial charge in [0.2, 0.25) is 5.88 Å². The van der Waals surface area contributed by atoms with Crippen LogP contribution in [0.1, 0.15) is 0 Å². The minimum atomic E-state index is 0. The number of fused-ring (bicyclic) bond motifs is 1. The van der Waals surface area contributed by atoms with Gasteiger partial charge in [-0.15, -0.1) is 17.5 Å². The number of morpholine rings is 1. The highest BCUT2D eigenvalue weighted by Crippen LogP contribution is 2.27. The van der Waals surface area contributed by atoms with Crippen LogP contribution in [0.3, 0.4) is 0 Å². The fraction of sp³-hybridized carbons (Fsp3) is 0.278. The van der Waals surface area contributed by atoms with Crippen LogP contribution in [0.4, 0.5) is 0 Å². The SMILES string of the molecule is Cl.c1ccc(-n2nc(OC[C@@H]3CNCCO3)c3ccccc32)cc1. The summed E-state index contributed by atoms with van der Waals surface area (Å²) in [5.74, 6) is 0.652. The number of halogens is 1. The third-order valence-electron chi connectivity index (χ3n) is 3.96. The summed E-state index contributed by atoms with van der Waals surface area (Å²) in [5.41, 5.74) is 2.06. The Morgan fingerprint density at radius 1 is 1.12 bits per heavy atom. The Morgan fingerprint density at radius 2 is 1.92 bits per heavy atom. The molecule has 1 aromatic heterocycles. The van der Waals surface area contributed by atoms with Gasteiger partial charge in [-0.05, 0) is 24.3 Å². The number of hydrogen-bond acceptors (Lipinski definition) is 4. The van der Waals surface area contributed by atoms with Crippen molar-refractivity contribution in [1.29, 1.82) is 0 Å². The van der Waals surface area contributed by atoms with Crippen LogP contribution in [0.5, 0.6) is 5.88 Å². The van der Waals surface area contributed by atoms with E-state index in [0.29, 0.717) is 12.5 Å². The molecule has 0 bridgehead atoms. The number of benzene rings is 2. The molecule has 3 aromatic rings. The van der Waals surface area contributed by atoms with Crippen molar-refractivity contribution in [1.82, 2.24) is 15.1 Å². The van der Waals surface area contributed by atoms with Gasteiger partial charge in [-0.25, -0.2) is 4.68 Å². The lowest BCUT2D eigenvalue weighted by molar-refractivity contribution is -0.000504. The summed E-state index contributed by atoms with van der Waals surface area (Å²) < 4.78 is 13.6. The summed E-state index contributed by atoms with van der Waals surface area (Å²) in [7, 11) is 0. The topological polar surface area (TPSA) is 48.3 Å². The average Bonchev–Trinajstić information content (AvgIpc) is 3.01. The van der Waals surface area contributed by atoms with Gasteiger partial charge in [-0.3, -0.25) is 0 Å². The predicted molar refractivity (Wildman–Crippen MR) is 96.4 cm³/mol. The van der Waals surface area contributed by atoms with Crippen molar-refractivity contribution < 1.29 is 9.47 Å². The zero-order valence-corrected chi connectivity index (χ0v) is 14.0. The molecule has 0 unspecified atom stereocenters. The van der Waals surface area contributed by atoms with Crippen molar-refractivity contribution in [3.8, 4) is 11.6 Å². The van der Waals surface area contributed by atoms with E-state index in [1.807, 2.05) is 53.2 Å². The van der Waals surface area contributed by atoms with E-state index in [4.69, 9.17) is 9.47 Å². The number of rotatable bonds is 4. The third-order valence-corrected chi connectivity index (χ3v) is 3.96. The van der Waals surface area contributed by atoms with Gasteiger partial charge < -0.3 is 14.8 Å². The highest BCUT2D eigenvalue weighted by molar-refractivity contribution is 5.86. The first-order chi connectivity index (χ1) is 11.4. The van der Waals surface area contributed by atoms with Crippen LogP contribution >= 0.6 is 12.4 Å². The van der Waals surface area contributed by atoms with E-state index < -0.39 is 0 Å². The van der Waals surface area contributed by atoms with E-state index in [9.17, 15) is 0 Å². The molecule has 1 atom stereocenters. The van der Waals surface area contributed by atoms with Crippen LogP contribution < -0.4 is 10.1 Å². The Morgan fingerprint density at radius 3 is 2.71 bits per heavy atom. The van der Waals surface area contributed by atoms with E-state index >= 15 is 0 Å². The van der Waals surface area contributed by atoms with Gasteiger partial charge in [-0.2, -0.15) is 0 Å².